The van der Waals surface area contributed by atoms with Crippen LogP contribution >= 0.6 is 23.1 Å². The van der Waals surface area contributed by atoms with Gasteiger partial charge in [0, 0.05) is 24.0 Å². The summed E-state index contributed by atoms with van der Waals surface area (Å²) in [5.41, 5.74) is 1.61. The number of fused-ring (bicyclic) bond motifs is 2. The van der Waals surface area contributed by atoms with Crippen LogP contribution in [-0.4, -0.2) is 42.1 Å². The molecular weight excluding hydrogens is 432 g/mol. The van der Waals surface area contributed by atoms with E-state index in [1.54, 1.807) is 11.8 Å². The van der Waals surface area contributed by atoms with Gasteiger partial charge >= 0.3 is 0 Å². The third-order valence-corrected chi connectivity index (χ3v) is 7.09. The maximum absolute atomic E-state index is 12.8. The van der Waals surface area contributed by atoms with E-state index in [0.717, 1.165) is 33.1 Å². The number of amides is 1. The summed E-state index contributed by atoms with van der Waals surface area (Å²) in [5.74, 6) is 1.45. The predicted octanol–water partition coefficient (Wildman–Crippen LogP) is 3.12. The summed E-state index contributed by atoms with van der Waals surface area (Å²) in [6.07, 6.45) is 6.38. The van der Waals surface area contributed by atoms with Crippen LogP contribution in [0.2, 0.25) is 0 Å². The minimum atomic E-state index is -0.253. The van der Waals surface area contributed by atoms with Crippen molar-refractivity contribution in [2.75, 3.05) is 12.0 Å². The molecule has 4 heterocycles. The summed E-state index contributed by atoms with van der Waals surface area (Å²) in [7, 11) is 0. The van der Waals surface area contributed by atoms with E-state index in [1.807, 2.05) is 48.9 Å². The lowest BCUT2D eigenvalue weighted by Gasteiger charge is -2.17. The van der Waals surface area contributed by atoms with Crippen molar-refractivity contribution in [2.24, 2.45) is 0 Å². The maximum atomic E-state index is 12.8. The molecule has 10 heteroatoms. The molecule has 4 rings (SSSR count). The Morgan fingerprint density at radius 1 is 1.29 bits per heavy atom. The summed E-state index contributed by atoms with van der Waals surface area (Å²) < 4.78 is 3.42. The molecule has 0 aliphatic rings. The second-order valence-corrected chi connectivity index (χ2v) is 9.53. The molecule has 0 bridgehead atoms. The van der Waals surface area contributed by atoms with Crippen LogP contribution in [0.5, 0.6) is 0 Å². The zero-order valence-electron chi connectivity index (χ0n) is 17.7. The average Bonchev–Trinajstić information content (AvgIpc) is 3.32. The molecule has 0 aromatic carbocycles. The highest BCUT2D eigenvalue weighted by Gasteiger charge is 2.20. The van der Waals surface area contributed by atoms with Crippen LogP contribution in [0, 0.1) is 13.8 Å². The van der Waals surface area contributed by atoms with E-state index in [1.165, 1.54) is 22.2 Å². The molecule has 0 aliphatic carbocycles. The molecule has 0 radical (unpaired) electrons. The molecule has 8 nitrogen and oxygen atoms in total. The van der Waals surface area contributed by atoms with Gasteiger partial charge in [-0.25, -0.2) is 4.98 Å². The lowest BCUT2D eigenvalue weighted by atomic mass is 10.2. The van der Waals surface area contributed by atoms with Crippen molar-refractivity contribution in [2.45, 2.75) is 39.3 Å². The van der Waals surface area contributed by atoms with E-state index >= 15 is 0 Å². The zero-order valence-corrected chi connectivity index (χ0v) is 19.3. The molecule has 31 heavy (non-hydrogen) atoms. The Kier molecular flexibility index (Phi) is 6.38. The normalized spacial score (nSPS) is 12.5. The molecule has 162 valence electrons. The fraction of sp³-hybridized carbons (Fsp3) is 0.381. The number of nitrogens with zero attached hydrogens (tertiary/aromatic N) is 5. The van der Waals surface area contributed by atoms with E-state index in [2.05, 4.69) is 20.5 Å². The zero-order chi connectivity index (χ0) is 22.0. The lowest BCUT2D eigenvalue weighted by molar-refractivity contribution is -0.122. The van der Waals surface area contributed by atoms with E-state index in [4.69, 9.17) is 0 Å². The van der Waals surface area contributed by atoms with Crippen LogP contribution in [-0.2, 0) is 11.3 Å². The number of aryl methyl sites for hydroxylation is 3. The minimum Gasteiger partial charge on any atom is -0.346 e. The first-order chi connectivity index (χ1) is 15.0. The van der Waals surface area contributed by atoms with Crippen molar-refractivity contribution in [3.63, 3.8) is 0 Å². The smallest absolute Gasteiger partial charge is 0.262 e. The minimum absolute atomic E-state index is 0.0953. The number of thioether (sulfide) groups is 1. The summed E-state index contributed by atoms with van der Waals surface area (Å²) >= 11 is 3.24. The molecule has 1 unspecified atom stereocenters. The van der Waals surface area contributed by atoms with Crippen LogP contribution in [0.1, 0.15) is 35.1 Å². The number of aromatic nitrogens is 5. The number of rotatable bonds is 8. The predicted molar refractivity (Wildman–Crippen MR) is 125 cm³/mol. The van der Waals surface area contributed by atoms with Crippen molar-refractivity contribution >= 4 is 44.9 Å². The third kappa shape index (κ3) is 4.35. The Labute approximate surface area is 187 Å². The molecular formula is C21H24N6O2S2. The van der Waals surface area contributed by atoms with Crippen molar-refractivity contribution in [1.82, 2.24) is 29.5 Å². The molecule has 4 aromatic heterocycles. The van der Waals surface area contributed by atoms with Gasteiger partial charge in [-0.05, 0) is 50.0 Å². The summed E-state index contributed by atoms with van der Waals surface area (Å²) in [6.45, 7) is 4.20. The highest BCUT2D eigenvalue weighted by molar-refractivity contribution is 7.98. The van der Waals surface area contributed by atoms with Gasteiger partial charge in [-0.3, -0.25) is 18.6 Å². The molecule has 0 saturated carbocycles. The monoisotopic (exact) mass is 456 g/mol. The fourth-order valence-corrected chi connectivity index (χ4v) is 4.98. The Morgan fingerprint density at radius 2 is 2.13 bits per heavy atom. The summed E-state index contributed by atoms with van der Waals surface area (Å²) in [4.78, 5) is 31.8. The number of carbonyl (C=O) groups is 1. The van der Waals surface area contributed by atoms with Crippen LogP contribution in [0.15, 0.2) is 35.5 Å². The van der Waals surface area contributed by atoms with Crippen molar-refractivity contribution in [3.8, 4) is 0 Å². The Hall–Kier alpha value is -2.72. The van der Waals surface area contributed by atoms with Crippen LogP contribution in [0.4, 0.5) is 0 Å². The Bertz CT molecular complexity index is 1290. The van der Waals surface area contributed by atoms with Crippen molar-refractivity contribution in [3.05, 3.63) is 57.3 Å². The topological polar surface area (TPSA) is 94.2 Å². The second-order valence-electron chi connectivity index (χ2n) is 7.35. The summed E-state index contributed by atoms with van der Waals surface area (Å²) in [5, 5.41) is 12.2. The SMILES string of the molecule is CSCCC(NC(=O)CCn1cnc2sc(C)c(C)c2c1=O)c1nnc2ccccn12. The largest absolute Gasteiger partial charge is 0.346 e. The Balaban J connectivity index is 1.50. The number of pyridine rings is 1. The van der Waals surface area contributed by atoms with Gasteiger partial charge in [0.1, 0.15) is 4.83 Å². The van der Waals surface area contributed by atoms with Crippen LogP contribution in [0.25, 0.3) is 15.9 Å². The van der Waals surface area contributed by atoms with Gasteiger partial charge in [0.15, 0.2) is 11.5 Å². The van der Waals surface area contributed by atoms with Crippen molar-refractivity contribution in [1.29, 1.82) is 0 Å². The maximum Gasteiger partial charge on any atom is 0.262 e. The number of nitrogens with one attached hydrogen (secondary N) is 1. The van der Waals surface area contributed by atoms with E-state index in [0.29, 0.717) is 11.2 Å². The molecule has 1 N–H and O–H groups in total. The number of hydrogen-bond acceptors (Lipinski definition) is 7. The Morgan fingerprint density at radius 3 is 2.94 bits per heavy atom. The van der Waals surface area contributed by atoms with Gasteiger partial charge in [0.25, 0.3) is 5.56 Å². The standard InChI is InChI=1S/C21H24N6O2S2/c1-13-14(2)31-20-18(13)21(29)26(12-22-20)10-7-17(28)23-15(8-11-30-3)19-25-24-16-6-4-5-9-27(16)19/h4-6,9,12,15H,7-8,10-11H2,1-3H3,(H,23,28). The van der Waals surface area contributed by atoms with Gasteiger partial charge in [0.2, 0.25) is 5.91 Å². The van der Waals surface area contributed by atoms with Gasteiger partial charge in [-0.2, -0.15) is 11.8 Å². The molecule has 0 saturated heterocycles. The number of thiophene rings is 1. The van der Waals surface area contributed by atoms with Gasteiger partial charge < -0.3 is 5.32 Å². The quantitative estimate of drug-likeness (QED) is 0.438. The second kappa shape index (κ2) is 9.19. The fourth-order valence-electron chi connectivity index (χ4n) is 3.52. The average molecular weight is 457 g/mol. The van der Waals surface area contributed by atoms with Crippen LogP contribution < -0.4 is 10.9 Å². The first-order valence-electron chi connectivity index (χ1n) is 10.0. The van der Waals surface area contributed by atoms with E-state index in [-0.39, 0.29) is 30.5 Å². The number of hydrogen-bond donors (Lipinski definition) is 1. The van der Waals surface area contributed by atoms with Crippen LogP contribution in [0.3, 0.4) is 0 Å². The molecule has 0 spiro atoms. The third-order valence-electron chi connectivity index (χ3n) is 5.33. The highest BCUT2D eigenvalue weighted by Crippen LogP contribution is 2.25. The van der Waals surface area contributed by atoms with Gasteiger partial charge in [-0.1, -0.05) is 6.07 Å². The lowest BCUT2D eigenvalue weighted by Crippen LogP contribution is -2.32. The highest BCUT2D eigenvalue weighted by atomic mass is 32.2. The van der Waals surface area contributed by atoms with E-state index in [9.17, 15) is 9.59 Å². The molecule has 1 amide bonds. The molecule has 4 aromatic rings. The molecule has 0 aliphatic heterocycles. The first kappa shape index (κ1) is 21.5. The van der Waals surface area contributed by atoms with Crippen molar-refractivity contribution < 1.29 is 4.79 Å². The van der Waals surface area contributed by atoms with Gasteiger partial charge in [0.05, 0.1) is 17.8 Å². The first-order valence-corrected chi connectivity index (χ1v) is 12.2. The molecule has 0 fully saturated rings. The number of carbonyl (C=O) groups excluding carboxylic acids is 1. The molecule has 1 atom stereocenters. The summed E-state index contributed by atoms with van der Waals surface area (Å²) in [6, 6.07) is 5.45. The van der Waals surface area contributed by atoms with E-state index < -0.39 is 0 Å². The van der Waals surface area contributed by atoms with Gasteiger partial charge in [-0.15, -0.1) is 21.5 Å².